The van der Waals surface area contributed by atoms with Gasteiger partial charge in [0.15, 0.2) is 0 Å². The van der Waals surface area contributed by atoms with E-state index in [9.17, 15) is 18.0 Å². The summed E-state index contributed by atoms with van der Waals surface area (Å²) in [5.41, 5.74) is 3.63. The molecule has 35 heavy (non-hydrogen) atoms. The van der Waals surface area contributed by atoms with E-state index >= 15 is 0 Å². The molecule has 2 aromatic carbocycles. The fourth-order valence-corrected chi connectivity index (χ4v) is 5.19. The molecule has 192 valence electrons. The fraction of sp³-hybridized carbons (Fsp3) is 0.481. The number of likely N-dealkylation sites (N-methyl/N-ethyl adjacent to an activating group) is 1. The zero-order valence-electron chi connectivity index (χ0n) is 21.6. The molecule has 0 bridgehead atoms. The molecule has 0 aliphatic rings. The first-order valence-electron chi connectivity index (χ1n) is 12.2. The quantitative estimate of drug-likeness (QED) is 0.452. The van der Waals surface area contributed by atoms with Crippen molar-refractivity contribution in [3.8, 4) is 0 Å². The lowest BCUT2D eigenvalue weighted by Crippen LogP contribution is -2.50. The molecule has 2 amide bonds. The summed E-state index contributed by atoms with van der Waals surface area (Å²) >= 11 is 0. The Kier molecular flexibility index (Phi) is 10.8. The number of carbonyl (C=O) groups excluding carboxylic acids is 2. The van der Waals surface area contributed by atoms with Gasteiger partial charge in [-0.15, -0.1) is 0 Å². The fourth-order valence-electron chi connectivity index (χ4n) is 4.18. The average Bonchev–Trinajstić information content (AvgIpc) is 2.81. The maximum Gasteiger partial charge on any atom is 0.242 e. The number of aryl methyl sites for hydroxylation is 1. The highest BCUT2D eigenvalue weighted by Crippen LogP contribution is 2.25. The highest BCUT2D eigenvalue weighted by molar-refractivity contribution is 7.92. The van der Waals surface area contributed by atoms with E-state index in [4.69, 9.17) is 0 Å². The van der Waals surface area contributed by atoms with Gasteiger partial charge in [0.2, 0.25) is 21.8 Å². The van der Waals surface area contributed by atoms with E-state index < -0.39 is 16.1 Å². The van der Waals surface area contributed by atoms with Crippen molar-refractivity contribution in [2.24, 2.45) is 0 Å². The number of anilines is 1. The Hall–Kier alpha value is -2.87. The van der Waals surface area contributed by atoms with Gasteiger partial charge >= 0.3 is 0 Å². The van der Waals surface area contributed by atoms with Crippen molar-refractivity contribution >= 4 is 27.5 Å². The Morgan fingerprint density at radius 2 is 1.66 bits per heavy atom. The van der Waals surface area contributed by atoms with E-state index in [-0.39, 0.29) is 24.8 Å². The largest absolute Gasteiger partial charge is 0.355 e. The molecular formula is C27H39N3O4S. The molecule has 1 atom stereocenters. The molecule has 0 radical (unpaired) electrons. The van der Waals surface area contributed by atoms with E-state index in [0.29, 0.717) is 38.0 Å². The van der Waals surface area contributed by atoms with Crippen LogP contribution in [0.3, 0.4) is 0 Å². The molecule has 0 unspecified atom stereocenters. The van der Waals surface area contributed by atoms with Gasteiger partial charge in [-0.05, 0) is 62.8 Å². The van der Waals surface area contributed by atoms with Crippen molar-refractivity contribution in [2.45, 2.75) is 59.4 Å². The molecular weight excluding hydrogens is 462 g/mol. The Morgan fingerprint density at radius 1 is 0.971 bits per heavy atom. The Bertz CT molecular complexity index is 1090. The lowest BCUT2D eigenvalue weighted by molar-refractivity contribution is -0.140. The van der Waals surface area contributed by atoms with E-state index in [2.05, 4.69) is 5.32 Å². The van der Waals surface area contributed by atoms with Gasteiger partial charge in [-0.2, -0.15) is 0 Å². The summed E-state index contributed by atoms with van der Waals surface area (Å²) in [4.78, 5) is 27.7. The molecule has 0 spiro atoms. The molecule has 7 nitrogen and oxygen atoms in total. The number of sulfonamides is 1. The van der Waals surface area contributed by atoms with Crippen LogP contribution in [0.25, 0.3) is 0 Å². The van der Waals surface area contributed by atoms with Crippen LogP contribution < -0.4 is 9.62 Å². The second-order valence-electron chi connectivity index (χ2n) is 8.80. The number of nitrogens with zero attached hydrogens (tertiary/aromatic N) is 2. The summed E-state index contributed by atoms with van der Waals surface area (Å²) in [6.07, 6.45) is 2.84. The summed E-state index contributed by atoms with van der Waals surface area (Å²) in [5, 5.41) is 2.84. The molecule has 1 N–H and O–H groups in total. The molecule has 0 fully saturated rings. The van der Waals surface area contributed by atoms with Crippen LogP contribution in [0, 0.1) is 13.8 Å². The summed E-state index contributed by atoms with van der Waals surface area (Å²) < 4.78 is 26.5. The van der Waals surface area contributed by atoms with Crippen LogP contribution in [0.15, 0.2) is 48.5 Å². The molecule has 0 heterocycles. The number of nitrogens with one attached hydrogen (secondary N) is 1. The van der Waals surface area contributed by atoms with Gasteiger partial charge in [0, 0.05) is 26.1 Å². The van der Waals surface area contributed by atoms with Crippen LogP contribution in [0.1, 0.15) is 49.8 Å². The number of carbonyl (C=O) groups is 2. The first-order valence-corrected chi connectivity index (χ1v) is 14.1. The van der Waals surface area contributed by atoms with Gasteiger partial charge in [-0.25, -0.2) is 8.42 Å². The van der Waals surface area contributed by atoms with Gasteiger partial charge < -0.3 is 10.2 Å². The summed E-state index contributed by atoms with van der Waals surface area (Å²) in [6, 6.07) is 14.9. The highest BCUT2D eigenvalue weighted by Gasteiger charge is 2.28. The van der Waals surface area contributed by atoms with Crippen molar-refractivity contribution < 1.29 is 18.0 Å². The van der Waals surface area contributed by atoms with Gasteiger partial charge in [-0.3, -0.25) is 13.9 Å². The Morgan fingerprint density at radius 3 is 2.26 bits per heavy atom. The van der Waals surface area contributed by atoms with Crippen molar-refractivity contribution in [3.05, 3.63) is 65.2 Å². The van der Waals surface area contributed by atoms with E-state index in [1.807, 2.05) is 70.2 Å². The normalized spacial score (nSPS) is 12.1. The maximum absolute atomic E-state index is 13.3. The van der Waals surface area contributed by atoms with E-state index in [1.165, 1.54) is 10.6 Å². The zero-order chi connectivity index (χ0) is 26.0. The van der Waals surface area contributed by atoms with E-state index in [0.717, 1.165) is 16.7 Å². The smallest absolute Gasteiger partial charge is 0.242 e. The maximum atomic E-state index is 13.3. The standard InChI is InChI=1S/C27H39N3O4S/c1-6-24(27(32)28-7-2)29(20-18-23-14-9-8-10-15-23)26(31)17-12-19-30(35(5,33)34)25-16-11-13-21(3)22(25)4/h8-11,13-16,24H,6-7,12,17-20H2,1-5H3,(H,28,32)/t24-/m0/s1. The predicted octanol–water partition coefficient (Wildman–Crippen LogP) is 3.84. The van der Waals surface area contributed by atoms with Gasteiger partial charge in [-0.1, -0.05) is 49.4 Å². The van der Waals surface area contributed by atoms with Gasteiger partial charge in [0.1, 0.15) is 6.04 Å². The van der Waals surface area contributed by atoms with Crippen LogP contribution in [0.2, 0.25) is 0 Å². The minimum Gasteiger partial charge on any atom is -0.355 e. The minimum atomic E-state index is -3.52. The summed E-state index contributed by atoms with van der Waals surface area (Å²) in [5.74, 6) is -0.307. The third-order valence-electron chi connectivity index (χ3n) is 6.22. The van der Waals surface area contributed by atoms with Gasteiger partial charge in [0.25, 0.3) is 0 Å². The summed E-state index contributed by atoms with van der Waals surface area (Å²) in [6.45, 7) is 8.71. The van der Waals surface area contributed by atoms with Crippen molar-refractivity contribution in [3.63, 3.8) is 0 Å². The molecule has 2 rings (SSSR count). The monoisotopic (exact) mass is 501 g/mol. The molecule has 0 saturated carbocycles. The molecule has 2 aromatic rings. The molecule has 0 aromatic heterocycles. The molecule has 0 aliphatic heterocycles. The predicted molar refractivity (Wildman–Crippen MR) is 142 cm³/mol. The minimum absolute atomic E-state index is 0.145. The molecule has 8 heteroatoms. The SMILES string of the molecule is CCNC(=O)[C@H](CC)N(CCc1ccccc1)C(=O)CCCN(c1cccc(C)c1C)S(C)(=O)=O. The number of benzene rings is 2. The molecule has 0 saturated heterocycles. The van der Waals surface area contributed by atoms with Crippen LogP contribution in [-0.4, -0.2) is 57.1 Å². The first-order chi connectivity index (χ1) is 16.6. The first kappa shape index (κ1) is 28.4. The van der Waals surface area contributed by atoms with Crippen molar-refractivity contribution in [1.29, 1.82) is 0 Å². The second-order valence-corrected chi connectivity index (χ2v) is 10.7. The zero-order valence-corrected chi connectivity index (χ0v) is 22.4. The van der Waals surface area contributed by atoms with Gasteiger partial charge in [0.05, 0.1) is 11.9 Å². The Labute approximate surface area is 210 Å². The van der Waals surface area contributed by atoms with Crippen LogP contribution in [-0.2, 0) is 26.0 Å². The van der Waals surface area contributed by atoms with E-state index in [1.54, 1.807) is 11.0 Å². The lowest BCUT2D eigenvalue weighted by atomic mass is 10.1. The number of hydrogen-bond acceptors (Lipinski definition) is 4. The van der Waals surface area contributed by atoms with Crippen LogP contribution in [0.5, 0.6) is 0 Å². The third kappa shape index (κ3) is 8.09. The lowest BCUT2D eigenvalue weighted by Gasteiger charge is -2.31. The van der Waals surface area contributed by atoms with Crippen molar-refractivity contribution in [1.82, 2.24) is 10.2 Å². The Balaban J connectivity index is 2.17. The second kappa shape index (κ2) is 13.3. The topological polar surface area (TPSA) is 86.8 Å². The molecule has 0 aliphatic carbocycles. The van der Waals surface area contributed by atoms with Crippen molar-refractivity contribution in [2.75, 3.05) is 30.2 Å². The van der Waals surface area contributed by atoms with Crippen LogP contribution >= 0.6 is 0 Å². The van der Waals surface area contributed by atoms with Crippen LogP contribution in [0.4, 0.5) is 5.69 Å². The number of rotatable bonds is 13. The summed E-state index contributed by atoms with van der Waals surface area (Å²) in [7, 11) is -3.52. The number of amides is 2. The number of hydrogen-bond donors (Lipinski definition) is 1. The average molecular weight is 502 g/mol. The highest BCUT2D eigenvalue weighted by atomic mass is 32.2. The third-order valence-corrected chi connectivity index (χ3v) is 7.40.